The molecule has 0 spiro atoms. The quantitative estimate of drug-likeness (QED) is 0.572. The number of rotatable bonds is 8. The van der Waals surface area contributed by atoms with Crippen molar-refractivity contribution < 1.29 is 4.79 Å². The first kappa shape index (κ1) is 16.1. The van der Waals surface area contributed by atoms with Crippen LogP contribution in [0.15, 0.2) is 17.8 Å². The molecule has 21 heavy (non-hydrogen) atoms. The van der Waals surface area contributed by atoms with Gasteiger partial charge < -0.3 is 5.32 Å². The predicted octanol–water partition coefficient (Wildman–Crippen LogP) is 2.71. The molecule has 1 unspecified atom stereocenters. The summed E-state index contributed by atoms with van der Waals surface area (Å²) < 4.78 is 0. The summed E-state index contributed by atoms with van der Waals surface area (Å²) in [5, 5.41) is 10.4. The third-order valence-electron chi connectivity index (χ3n) is 3.85. The van der Waals surface area contributed by atoms with Crippen LogP contribution in [-0.2, 0) is 11.2 Å². The van der Waals surface area contributed by atoms with E-state index in [0.29, 0.717) is 11.7 Å². The number of carbonyl (C=O) groups excluding carboxylic acids is 1. The molecule has 1 aromatic rings. The van der Waals surface area contributed by atoms with Crippen molar-refractivity contribution in [3.63, 3.8) is 0 Å². The molecule has 1 amide bonds. The fourth-order valence-electron chi connectivity index (χ4n) is 2.61. The predicted molar refractivity (Wildman–Crippen MR) is 85.2 cm³/mol. The molecule has 6 heteroatoms. The lowest BCUT2D eigenvalue weighted by molar-refractivity contribution is -0.120. The summed E-state index contributed by atoms with van der Waals surface area (Å²) in [6.45, 7) is 5.93. The summed E-state index contributed by atoms with van der Waals surface area (Å²) in [6, 6.07) is 0. The third-order valence-corrected chi connectivity index (χ3v) is 4.81. The van der Waals surface area contributed by atoms with Gasteiger partial charge in [-0.25, -0.2) is 4.98 Å². The maximum atomic E-state index is 11.8. The Morgan fingerprint density at radius 3 is 3.05 bits per heavy atom. The van der Waals surface area contributed by atoms with Crippen LogP contribution in [0.1, 0.15) is 44.9 Å². The first-order chi connectivity index (χ1) is 10.2. The molecule has 1 aliphatic rings. The van der Waals surface area contributed by atoms with Gasteiger partial charge in [0.15, 0.2) is 0 Å². The molecule has 0 bridgehead atoms. The van der Waals surface area contributed by atoms with Gasteiger partial charge in [-0.2, -0.15) is 0 Å². The van der Waals surface area contributed by atoms with Crippen LogP contribution in [0.4, 0.5) is 0 Å². The van der Waals surface area contributed by atoms with Gasteiger partial charge in [0.1, 0.15) is 5.82 Å². The number of aryl methyl sites for hydroxylation is 1. The maximum Gasteiger partial charge on any atom is 0.233 e. The number of aromatic nitrogens is 3. The molecule has 1 heterocycles. The molecule has 1 fully saturated rings. The van der Waals surface area contributed by atoms with E-state index < -0.39 is 0 Å². The summed E-state index contributed by atoms with van der Waals surface area (Å²) in [5.74, 6) is 1.77. The van der Waals surface area contributed by atoms with Gasteiger partial charge >= 0.3 is 0 Å². The zero-order valence-corrected chi connectivity index (χ0v) is 13.4. The Hall–Kier alpha value is -1.30. The number of H-pyrrole nitrogens is 1. The highest BCUT2D eigenvalue weighted by Crippen LogP contribution is 2.28. The number of carbonyl (C=O) groups is 1. The van der Waals surface area contributed by atoms with E-state index in [1.165, 1.54) is 43.9 Å². The second kappa shape index (κ2) is 8.22. The van der Waals surface area contributed by atoms with Crippen LogP contribution in [0.25, 0.3) is 0 Å². The molecular formula is C15H24N4OS. The zero-order chi connectivity index (χ0) is 15.1. The molecule has 2 N–H and O–H groups in total. The van der Waals surface area contributed by atoms with Crippen LogP contribution in [0.2, 0.25) is 0 Å². The van der Waals surface area contributed by atoms with Crippen LogP contribution >= 0.6 is 11.8 Å². The van der Waals surface area contributed by atoms with E-state index in [2.05, 4.69) is 27.1 Å². The number of hydrogen-bond acceptors (Lipinski definition) is 4. The summed E-state index contributed by atoms with van der Waals surface area (Å²) in [4.78, 5) is 16.2. The van der Waals surface area contributed by atoms with E-state index in [9.17, 15) is 4.79 Å². The number of amides is 1. The van der Waals surface area contributed by atoms with Gasteiger partial charge in [0.25, 0.3) is 0 Å². The molecular weight excluding hydrogens is 284 g/mol. The van der Waals surface area contributed by atoms with E-state index in [1.54, 1.807) is 6.08 Å². The SMILES string of the molecule is C=CCNC(=O)C(C)Sc1n[nH]c(CCC2CCCC2)n1. The van der Waals surface area contributed by atoms with Crippen LogP contribution in [0.5, 0.6) is 0 Å². The van der Waals surface area contributed by atoms with Gasteiger partial charge in [0.05, 0.1) is 5.25 Å². The summed E-state index contributed by atoms with van der Waals surface area (Å²) in [7, 11) is 0. The van der Waals surface area contributed by atoms with Gasteiger partial charge in [0, 0.05) is 13.0 Å². The van der Waals surface area contributed by atoms with Crippen LogP contribution < -0.4 is 5.32 Å². The van der Waals surface area contributed by atoms with Gasteiger partial charge in [-0.1, -0.05) is 43.5 Å². The normalized spacial score (nSPS) is 16.8. The Morgan fingerprint density at radius 2 is 2.33 bits per heavy atom. The second-order valence-corrected chi connectivity index (χ2v) is 6.86. The summed E-state index contributed by atoms with van der Waals surface area (Å²) in [5.41, 5.74) is 0. The second-order valence-electron chi connectivity index (χ2n) is 5.55. The Bertz CT molecular complexity index is 468. The zero-order valence-electron chi connectivity index (χ0n) is 12.6. The van der Waals surface area contributed by atoms with Crippen molar-refractivity contribution in [1.82, 2.24) is 20.5 Å². The lowest BCUT2D eigenvalue weighted by Gasteiger charge is -2.08. The van der Waals surface area contributed by atoms with Gasteiger partial charge in [0.2, 0.25) is 11.1 Å². The fraction of sp³-hybridized carbons (Fsp3) is 0.667. The van der Waals surface area contributed by atoms with E-state index in [4.69, 9.17) is 0 Å². The minimum Gasteiger partial charge on any atom is -0.352 e. The van der Waals surface area contributed by atoms with Gasteiger partial charge in [-0.05, 0) is 19.3 Å². The molecule has 0 saturated heterocycles. The molecule has 1 aromatic heterocycles. The minimum atomic E-state index is -0.205. The molecule has 116 valence electrons. The lowest BCUT2D eigenvalue weighted by Crippen LogP contribution is -2.30. The summed E-state index contributed by atoms with van der Waals surface area (Å²) >= 11 is 1.38. The fourth-order valence-corrected chi connectivity index (χ4v) is 3.38. The molecule has 1 atom stereocenters. The number of aromatic amines is 1. The smallest absolute Gasteiger partial charge is 0.233 e. The highest BCUT2D eigenvalue weighted by molar-refractivity contribution is 8.00. The Labute approximate surface area is 130 Å². The number of hydrogen-bond donors (Lipinski definition) is 2. The Morgan fingerprint density at radius 1 is 1.57 bits per heavy atom. The maximum absolute atomic E-state index is 11.8. The number of thioether (sulfide) groups is 1. The van der Waals surface area contributed by atoms with Gasteiger partial charge in [-0.15, -0.1) is 11.7 Å². The molecule has 2 rings (SSSR count). The standard InChI is InChI=1S/C15H24N4OS/c1-3-10-16-14(20)11(2)21-15-17-13(18-19-15)9-8-12-6-4-5-7-12/h3,11-12H,1,4-10H2,2H3,(H,16,20)(H,17,18,19). The van der Waals surface area contributed by atoms with Crippen molar-refractivity contribution in [2.45, 2.75) is 55.9 Å². The summed E-state index contributed by atoms with van der Waals surface area (Å²) in [6.07, 6.45) is 9.28. The molecule has 1 aliphatic carbocycles. The molecule has 0 radical (unpaired) electrons. The van der Waals surface area contributed by atoms with Crippen molar-refractivity contribution in [1.29, 1.82) is 0 Å². The molecule has 0 aromatic carbocycles. The van der Waals surface area contributed by atoms with E-state index in [-0.39, 0.29) is 11.2 Å². The van der Waals surface area contributed by atoms with Crippen molar-refractivity contribution in [2.24, 2.45) is 5.92 Å². The highest BCUT2D eigenvalue weighted by atomic mass is 32.2. The van der Waals surface area contributed by atoms with Crippen LogP contribution in [0.3, 0.4) is 0 Å². The lowest BCUT2D eigenvalue weighted by atomic mass is 10.0. The van der Waals surface area contributed by atoms with Gasteiger partial charge in [-0.3, -0.25) is 9.89 Å². The monoisotopic (exact) mass is 308 g/mol. The number of nitrogens with one attached hydrogen (secondary N) is 2. The van der Waals surface area contributed by atoms with Crippen molar-refractivity contribution in [2.75, 3.05) is 6.54 Å². The average molecular weight is 308 g/mol. The number of nitrogens with zero attached hydrogens (tertiary/aromatic N) is 2. The largest absolute Gasteiger partial charge is 0.352 e. The highest BCUT2D eigenvalue weighted by Gasteiger charge is 2.18. The Balaban J connectivity index is 1.76. The third kappa shape index (κ3) is 5.19. The topological polar surface area (TPSA) is 70.7 Å². The first-order valence-corrected chi connectivity index (χ1v) is 8.53. The Kier molecular flexibility index (Phi) is 6.29. The van der Waals surface area contributed by atoms with E-state index in [1.807, 2.05) is 6.92 Å². The van der Waals surface area contributed by atoms with Crippen molar-refractivity contribution in [3.05, 3.63) is 18.5 Å². The molecule has 1 saturated carbocycles. The van der Waals surface area contributed by atoms with E-state index >= 15 is 0 Å². The van der Waals surface area contributed by atoms with Crippen molar-refractivity contribution >= 4 is 17.7 Å². The van der Waals surface area contributed by atoms with Crippen LogP contribution in [-0.4, -0.2) is 32.9 Å². The average Bonchev–Trinajstić information content (AvgIpc) is 3.13. The van der Waals surface area contributed by atoms with Crippen LogP contribution in [0, 0.1) is 5.92 Å². The molecule has 5 nitrogen and oxygen atoms in total. The minimum absolute atomic E-state index is 0.0165. The van der Waals surface area contributed by atoms with E-state index in [0.717, 1.165) is 18.2 Å². The van der Waals surface area contributed by atoms with Crippen molar-refractivity contribution in [3.8, 4) is 0 Å². The molecule has 0 aliphatic heterocycles. The first-order valence-electron chi connectivity index (χ1n) is 7.65.